The van der Waals surface area contributed by atoms with Crippen molar-refractivity contribution in [2.45, 2.75) is 0 Å². The zero-order valence-corrected chi connectivity index (χ0v) is 31.2. The van der Waals surface area contributed by atoms with E-state index in [0.29, 0.717) is 17.5 Å². The average Bonchev–Trinajstić information content (AvgIpc) is 3.85. The highest BCUT2D eigenvalue weighted by Gasteiger charge is 2.20. The third-order valence-electron chi connectivity index (χ3n) is 11.5. The average molecular weight is 741 g/mol. The van der Waals surface area contributed by atoms with Gasteiger partial charge in [-0.1, -0.05) is 158 Å². The predicted molar refractivity (Wildman–Crippen MR) is 238 cm³/mol. The molecule has 58 heavy (non-hydrogen) atoms. The first-order valence-electron chi connectivity index (χ1n) is 19.5. The second kappa shape index (κ2) is 12.8. The Bertz CT molecular complexity index is 3570. The molecule has 0 amide bonds. The van der Waals surface area contributed by atoms with E-state index in [1.807, 2.05) is 18.2 Å². The van der Waals surface area contributed by atoms with Crippen molar-refractivity contribution in [2.75, 3.05) is 0 Å². The second-order valence-electron chi connectivity index (χ2n) is 14.7. The largest absolute Gasteiger partial charge is 0.455 e. The van der Waals surface area contributed by atoms with Crippen LogP contribution in [0.25, 0.3) is 116 Å². The Hall–Kier alpha value is -7.89. The molecule has 0 bridgehead atoms. The highest BCUT2D eigenvalue weighted by Crippen LogP contribution is 2.43. The molecule has 0 atom stereocenters. The standard InChI is InChI=1S/C53H32N4O/c1-3-15-34(16-4-1)51-54-52(35-29-30-42-41-20-9-10-26-46(41)57(47(42)32-35)36-17-5-2-6-18-36)56-53(55-51)44-25-12-21-38-39(22-11-23-40(38)44)43-24-13-27-48-49(43)45-31-28-33-14-7-8-19-37(33)50(45)58-48/h1-32H. The van der Waals surface area contributed by atoms with Gasteiger partial charge in [0.2, 0.25) is 0 Å². The molecule has 0 N–H and O–H groups in total. The van der Waals surface area contributed by atoms with E-state index in [4.69, 9.17) is 19.4 Å². The van der Waals surface area contributed by atoms with Crippen LogP contribution in [-0.4, -0.2) is 19.5 Å². The molecular formula is C53H32N4O. The quantitative estimate of drug-likeness (QED) is 0.176. The summed E-state index contributed by atoms with van der Waals surface area (Å²) in [5, 5.41) is 9.04. The zero-order valence-electron chi connectivity index (χ0n) is 31.2. The molecule has 270 valence electrons. The summed E-state index contributed by atoms with van der Waals surface area (Å²) in [4.78, 5) is 15.6. The van der Waals surface area contributed by atoms with E-state index in [1.54, 1.807) is 0 Å². The van der Waals surface area contributed by atoms with Crippen molar-refractivity contribution in [3.8, 4) is 51.0 Å². The fraction of sp³-hybridized carbons (Fsp3) is 0. The maximum Gasteiger partial charge on any atom is 0.164 e. The Labute approximate surface area is 333 Å². The van der Waals surface area contributed by atoms with Gasteiger partial charge in [-0.3, -0.25) is 0 Å². The molecule has 9 aromatic carbocycles. The van der Waals surface area contributed by atoms with E-state index < -0.39 is 0 Å². The number of benzene rings is 9. The topological polar surface area (TPSA) is 56.7 Å². The lowest BCUT2D eigenvalue weighted by atomic mass is 9.92. The molecular weight excluding hydrogens is 709 g/mol. The van der Waals surface area contributed by atoms with Crippen LogP contribution in [0.4, 0.5) is 0 Å². The van der Waals surface area contributed by atoms with Crippen LogP contribution in [-0.2, 0) is 0 Å². The summed E-state index contributed by atoms with van der Waals surface area (Å²) >= 11 is 0. The Kier molecular flexibility index (Phi) is 7.16. The van der Waals surface area contributed by atoms with Crippen LogP contribution in [0.3, 0.4) is 0 Å². The molecule has 0 unspecified atom stereocenters. The van der Waals surface area contributed by atoms with Crippen LogP contribution in [0.5, 0.6) is 0 Å². The van der Waals surface area contributed by atoms with Gasteiger partial charge in [-0.25, -0.2) is 15.0 Å². The number of furan rings is 1. The van der Waals surface area contributed by atoms with E-state index in [-0.39, 0.29) is 0 Å². The number of hydrogen-bond acceptors (Lipinski definition) is 4. The smallest absolute Gasteiger partial charge is 0.164 e. The Balaban J connectivity index is 1.07. The molecule has 12 aromatic rings. The third-order valence-corrected chi connectivity index (χ3v) is 11.5. The van der Waals surface area contributed by atoms with Gasteiger partial charge in [0.05, 0.1) is 11.0 Å². The minimum absolute atomic E-state index is 0.616. The molecule has 5 heteroatoms. The maximum absolute atomic E-state index is 6.59. The highest BCUT2D eigenvalue weighted by molar-refractivity contribution is 6.21. The predicted octanol–water partition coefficient (Wildman–Crippen LogP) is 13.8. The second-order valence-corrected chi connectivity index (χ2v) is 14.7. The molecule has 0 fully saturated rings. The van der Waals surface area contributed by atoms with E-state index in [9.17, 15) is 0 Å². The summed E-state index contributed by atoms with van der Waals surface area (Å²) in [6.45, 7) is 0. The van der Waals surface area contributed by atoms with Crippen LogP contribution in [0, 0.1) is 0 Å². The first-order chi connectivity index (χ1) is 28.8. The van der Waals surface area contributed by atoms with Gasteiger partial charge in [-0.2, -0.15) is 0 Å². The first-order valence-corrected chi connectivity index (χ1v) is 19.5. The molecule has 0 radical (unpaired) electrons. The Morgan fingerprint density at radius 3 is 1.81 bits per heavy atom. The lowest BCUT2D eigenvalue weighted by Crippen LogP contribution is -2.01. The van der Waals surface area contributed by atoms with E-state index in [1.165, 1.54) is 10.8 Å². The number of para-hydroxylation sites is 2. The van der Waals surface area contributed by atoms with Gasteiger partial charge < -0.3 is 8.98 Å². The summed E-state index contributed by atoms with van der Waals surface area (Å²) in [5.74, 6) is 1.86. The maximum atomic E-state index is 6.59. The molecule has 0 aliphatic heterocycles. The lowest BCUT2D eigenvalue weighted by Gasteiger charge is -2.13. The monoisotopic (exact) mass is 740 g/mol. The molecule has 5 nitrogen and oxygen atoms in total. The van der Waals surface area contributed by atoms with Crippen molar-refractivity contribution in [1.82, 2.24) is 19.5 Å². The third kappa shape index (κ3) is 5.00. The van der Waals surface area contributed by atoms with Crippen LogP contribution in [0.1, 0.15) is 0 Å². The van der Waals surface area contributed by atoms with Crippen molar-refractivity contribution >= 4 is 65.3 Å². The van der Waals surface area contributed by atoms with Crippen molar-refractivity contribution < 1.29 is 4.42 Å². The van der Waals surface area contributed by atoms with Gasteiger partial charge in [0.15, 0.2) is 17.5 Å². The SMILES string of the molecule is c1ccc(-c2nc(-c3ccc4c5ccccc5n(-c5ccccc5)c4c3)nc(-c3cccc4c(-c5cccc6oc7c8ccccc8ccc7c56)cccc34)n2)cc1. The van der Waals surface area contributed by atoms with Crippen molar-refractivity contribution in [3.05, 3.63) is 194 Å². The molecule has 0 saturated carbocycles. The summed E-state index contributed by atoms with van der Waals surface area (Å²) in [5.41, 5.74) is 10.2. The Morgan fingerprint density at radius 1 is 0.362 bits per heavy atom. The van der Waals surface area contributed by atoms with Crippen molar-refractivity contribution in [1.29, 1.82) is 0 Å². The van der Waals surface area contributed by atoms with E-state index >= 15 is 0 Å². The fourth-order valence-electron chi connectivity index (χ4n) is 8.82. The molecule has 0 aliphatic rings. The van der Waals surface area contributed by atoms with Gasteiger partial charge in [0, 0.05) is 49.3 Å². The fourth-order valence-corrected chi connectivity index (χ4v) is 8.82. The summed E-state index contributed by atoms with van der Waals surface area (Å²) in [6, 6.07) is 67.9. The summed E-state index contributed by atoms with van der Waals surface area (Å²) < 4.78 is 8.92. The highest BCUT2D eigenvalue weighted by atomic mass is 16.3. The van der Waals surface area contributed by atoms with E-state index in [0.717, 1.165) is 88.0 Å². The van der Waals surface area contributed by atoms with Gasteiger partial charge in [0.25, 0.3) is 0 Å². The number of nitrogens with zero attached hydrogens (tertiary/aromatic N) is 4. The van der Waals surface area contributed by atoms with Gasteiger partial charge >= 0.3 is 0 Å². The number of aromatic nitrogens is 4. The summed E-state index contributed by atoms with van der Waals surface area (Å²) in [6.07, 6.45) is 0. The minimum Gasteiger partial charge on any atom is -0.455 e. The van der Waals surface area contributed by atoms with Crippen LogP contribution in [0.2, 0.25) is 0 Å². The van der Waals surface area contributed by atoms with Gasteiger partial charge in [0.1, 0.15) is 11.2 Å². The minimum atomic E-state index is 0.616. The summed E-state index contributed by atoms with van der Waals surface area (Å²) in [7, 11) is 0. The van der Waals surface area contributed by atoms with Crippen LogP contribution >= 0.6 is 0 Å². The van der Waals surface area contributed by atoms with E-state index in [2.05, 4.69) is 180 Å². The molecule has 0 saturated heterocycles. The molecule has 3 aromatic heterocycles. The first kappa shape index (κ1) is 32.4. The van der Waals surface area contributed by atoms with Crippen LogP contribution in [0.15, 0.2) is 199 Å². The molecule has 3 heterocycles. The Morgan fingerprint density at radius 2 is 0.966 bits per heavy atom. The van der Waals surface area contributed by atoms with Crippen LogP contribution < -0.4 is 0 Å². The normalized spacial score (nSPS) is 11.8. The lowest BCUT2D eigenvalue weighted by molar-refractivity contribution is 0.673. The van der Waals surface area contributed by atoms with Gasteiger partial charge in [-0.05, 0) is 63.7 Å². The zero-order chi connectivity index (χ0) is 38.2. The van der Waals surface area contributed by atoms with Crippen molar-refractivity contribution in [3.63, 3.8) is 0 Å². The number of fused-ring (bicyclic) bond motifs is 9. The molecule has 12 rings (SSSR count). The van der Waals surface area contributed by atoms with Crippen molar-refractivity contribution in [2.24, 2.45) is 0 Å². The number of rotatable bonds is 5. The number of hydrogen-bond donors (Lipinski definition) is 0. The van der Waals surface area contributed by atoms with Gasteiger partial charge in [-0.15, -0.1) is 0 Å². The molecule has 0 spiro atoms. The molecule has 0 aliphatic carbocycles.